The van der Waals surface area contributed by atoms with Crippen LogP contribution < -0.4 is 4.90 Å². The van der Waals surface area contributed by atoms with Gasteiger partial charge in [0, 0.05) is 47.2 Å². The molecule has 2 amide bonds. The Hall–Kier alpha value is -2.52. The van der Waals surface area contributed by atoms with Gasteiger partial charge in [-0.1, -0.05) is 22.0 Å². The minimum atomic E-state index is -0.325. The number of hydrogen-bond donors (Lipinski definition) is 0. The van der Waals surface area contributed by atoms with Crippen molar-refractivity contribution in [1.82, 2.24) is 15.1 Å². The van der Waals surface area contributed by atoms with Gasteiger partial charge in [-0.3, -0.25) is 9.59 Å². The van der Waals surface area contributed by atoms with Gasteiger partial charge in [0.2, 0.25) is 23.6 Å². The zero-order chi connectivity index (χ0) is 21.4. The average Bonchev–Trinajstić information content (AvgIpc) is 3.53. The third kappa shape index (κ3) is 4.16. The van der Waals surface area contributed by atoms with Crippen molar-refractivity contribution in [3.05, 3.63) is 51.5 Å². The molecule has 2 aliphatic rings. The number of nitrogens with zero attached hydrogens (tertiary/aromatic N) is 4. The Bertz CT molecular complexity index is 1100. The lowest BCUT2D eigenvalue weighted by atomic mass is 9.96. The predicted octanol–water partition coefficient (Wildman–Crippen LogP) is 4.32. The lowest BCUT2D eigenvalue weighted by Gasteiger charge is -2.32. The van der Waals surface area contributed by atoms with E-state index in [1.807, 2.05) is 46.0 Å². The van der Waals surface area contributed by atoms with Gasteiger partial charge in [-0.15, -0.1) is 10.2 Å². The van der Waals surface area contributed by atoms with Crippen molar-refractivity contribution in [2.45, 2.75) is 25.2 Å². The first-order valence-electron chi connectivity index (χ1n) is 10.3. The fraction of sp³-hybridized carbons (Fsp3) is 0.364. The number of thiophene rings is 1. The number of benzene rings is 1. The number of amides is 2. The first-order valence-corrected chi connectivity index (χ1v) is 12.0. The number of halogens is 1. The summed E-state index contributed by atoms with van der Waals surface area (Å²) >= 11 is 5.03. The van der Waals surface area contributed by atoms with Crippen molar-refractivity contribution in [2.75, 3.05) is 24.5 Å². The number of piperidine rings is 1. The molecule has 7 nitrogen and oxygen atoms in total. The van der Waals surface area contributed by atoms with Gasteiger partial charge in [-0.25, -0.2) is 0 Å². The molecule has 2 aromatic heterocycles. The summed E-state index contributed by atoms with van der Waals surface area (Å²) < 4.78 is 6.81. The van der Waals surface area contributed by atoms with Crippen molar-refractivity contribution in [1.29, 1.82) is 0 Å². The number of aromatic nitrogens is 2. The molecule has 0 bridgehead atoms. The first kappa shape index (κ1) is 20.4. The zero-order valence-electron chi connectivity index (χ0n) is 16.7. The standard InChI is InChI=1S/C22H21BrN4O3S/c23-17-4-1-5-18(10-17)27-12-16(9-19(27)28)22(29)26-7-2-3-14(11-26)20-24-25-21(30-20)15-6-8-31-13-15/h1,4-6,8,10,13-14,16H,2-3,7,9,11-12H2. The highest BCUT2D eigenvalue weighted by molar-refractivity contribution is 9.10. The highest BCUT2D eigenvalue weighted by atomic mass is 79.9. The largest absolute Gasteiger partial charge is 0.420 e. The highest BCUT2D eigenvalue weighted by Gasteiger charge is 2.39. The molecule has 0 N–H and O–H groups in total. The van der Waals surface area contributed by atoms with Gasteiger partial charge >= 0.3 is 0 Å². The number of carbonyl (C=O) groups is 2. The van der Waals surface area contributed by atoms with E-state index in [4.69, 9.17) is 4.42 Å². The quantitative estimate of drug-likeness (QED) is 0.532. The normalized spacial score (nSPS) is 21.6. The smallest absolute Gasteiger partial charge is 0.248 e. The van der Waals surface area contributed by atoms with E-state index in [0.717, 1.165) is 28.6 Å². The van der Waals surface area contributed by atoms with Crippen LogP contribution >= 0.6 is 27.3 Å². The molecule has 2 aliphatic heterocycles. The van der Waals surface area contributed by atoms with Crippen molar-refractivity contribution in [3.63, 3.8) is 0 Å². The van der Waals surface area contributed by atoms with Crippen LogP contribution in [0.25, 0.3) is 11.5 Å². The number of anilines is 1. The van der Waals surface area contributed by atoms with Gasteiger partial charge < -0.3 is 14.2 Å². The van der Waals surface area contributed by atoms with Crippen molar-refractivity contribution >= 4 is 44.8 Å². The van der Waals surface area contributed by atoms with E-state index >= 15 is 0 Å². The van der Waals surface area contributed by atoms with Gasteiger partial charge in [0.15, 0.2) is 0 Å². The summed E-state index contributed by atoms with van der Waals surface area (Å²) in [7, 11) is 0. The summed E-state index contributed by atoms with van der Waals surface area (Å²) in [6.07, 6.45) is 2.03. The summed E-state index contributed by atoms with van der Waals surface area (Å²) in [5.74, 6) is 0.823. The Morgan fingerprint density at radius 2 is 2.13 bits per heavy atom. The van der Waals surface area contributed by atoms with Gasteiger partial charge in [0.25, 0.3) is 0 Å². The van der Waals surface area contributed by atoms with E-state index < -0.39 is 0 Å². The minimum absolute atomic E-state index is 0.0117. The van der Waals surface area contributed by atoms with E-state index in [-0.39, 0.29) is 30.1 Å². The van der Waals surface area contributed by atoms with Crippen LogP contribution in [0.5, 0.6) is 0 Å². The molecule has 0 saturated carbocycles. The maximum atomic E-state index is 13.2. The van der Waals surface area contributed by atoms with Crippen molar-refractivity contribution in [2.24, 2.45) is 5.92 Å². The molecular formula is C22H21BrN4O3S. The van der Waals surface area contributed by atoms with Crippen LogP contribution in [-0.2, 0) is 9.59 Å². The molecule has 5 rings (SSSR count). The summed E-state index contributed by atoms with van der Waals surface area (Å²) in [6.45, 7) is 1.66. The van der Waals surface area contributed by atoms with Gasteiger partial charge in [0.1, 0.15) is 0 Å². The first-order chi connectivity index (χ1) is 15.1. The van der Waals surface area contributed by atoms with E-state index in [9.17, 15) is 9.59 Å². The number of hydrogen-bond acceptors (Lipinski definition) is 6. The van der Waals surface area contributed by atoms with Crippen molar-refractivity contribution < 1.29 is 14.0 Å². The molecule has 0 spiro atoms. The molecule has 31 heavy (non-hydrogen) atoms. The molecule has 2 atom stereocenters. The van der Waals surface area contributed by atoms with E-state index in [2.05, 4.69) is 26.1 Å². The fourth-order valence-electron chi connectivity index (χ4n) is 4.31. The summed E-state index contributed by atoms with van der Waals surface area (Å²) in [4.78, 5) is 29.4. The van der Waals surface area contributed by atoms with Crippen molar-refractivity contribution in [3.8, 4) is 11.5 Å². The number of rotatable bonds is 4. The highest BCUT2D eigenvalue weighted by Crippen LogP contribution is 2.32. The van der Waals surface area contributed by atoms with Crippen LogP contribution in [0, 0.1) is 5.92 Å². The minimum Gasteiger partial charge on any atom is -0.420 e. The molecule has 1 aromatic carbocycles. The molecule has 3 aromatic rings. The van der Waals surface area contributed by atoms with Crippen LogP contribution in [-0.4, -0.2) is 46.5 Å². The third-order valence-corrected chi connectivity index (χ3v) is 7.06. The van der Waals surface area contributed by atoms with E-state index in [1.54, 1.807) is 16.2 Å². The summed E-state index contributed by atoms with van der Waals surface area (Å²) in [5, 5.41) is 12.4. The third-order valence-electron chi connectivity index (χ3n) is 5.89. The Labute approximate surface area is 192 Å². The molecule has 160 valence electrons. The topological polar surface area (TPSA) is 79.5 Å². The second-order valence-corrected chi connectivity index (χ2v) is 9.66. The molecular weight excluding hydrogens is 480 g/mol. The predicted molar refractivity (Wildman–Crippen MR) is 121 cm³/mol. The maximum absolute atomic E-state index is 13.2. The maximum Gasteiger partial charge on any atom is 0.248 e. The molecule has 2 saturated heterocycles. The monoisotopic (exact) mass is 500 g/mol. The lowest BCUT2D eigenvalue weighted by molar-refractivity contribution is -0.137. The average molecular weight is 501 g/mol. The Balaban J connectivity index is 1.26. The Kier molecular flexibility index (Phi) is 5.62. The fourth-order valence-corrected chi connectivity index (χ4v) is 5.32. The number of carbonyl (C=O) groups excluding carboxylic acids is 2. The number of likely N-dealkylation sites (tertiary alicyclic amines) is 1. The second kappa shape index (κ2) is 8.55. The SMILES string of the molecule is O=C(C1CC(=O)N(c2cccc(Br)c2)C1)N1CCCC(c2nnc(-c3ccsc3)o2)C1. The van der Waals surface area contributed by atoms with E-state index in [0.29, 0.717) is 31.4 Å². The van der Waals surface area contributed by atoms with Crippen LogP contribution in [0.4, 0.5) is 5.69 Å². The van der Waals surface area contributed by atoms with E-state index in [1.165, 1.54) is 0 Å². The van der Waals surface area contributed by atoms with Gasteiger partial charge in [-0.2, -0.15) is 11.3 Å². The van der Waals surface area contributed by atoms with Crippen LogP contribution in [0.1, 0.15) is 31.1 Å². The van der Waals surface area contributed by atoms with Gasteiger partial charge in [-0.05, 0) is 42.5 Å². The van der Waals surface area contributed by atoms with Crippen LogP contribution in [0.15, 0.2) is 50.0 Å². The lowest BCUT2D eigenvalue weighted by Crippen LogP contribution is -2.43. The molecule has 9 heteroatoms. The van der Waals surface area contributed by atoms with Gasteiger partial charge in [0.05, 0.1) is 11.8 Å². The molecule has 2 unspecified atom stereocenters. The molecule has 4 heterocycles. The summed E-state index contributed by atoms with van der Waals surface area (Å²) in [5.41, 5.74) is 1.74. The summed E-state index contributed by atoms with van der Waals surface area (Å²) in [6, 6.07) is 9.57. The Morgan fingerprint density at radius 3 is 2.94 bits per heavy atom. The second-order valence-electron chi connectivity index (χ2n) is 7.97. The van der Waals surface area contributed by atoms with Crippen LogP contribution in [0.2, 0.25) is 0 Å². The van der Waals surface area contributed by atoms with Crippen LogP contribution in [0.3, 0.4) is 0 Å². The molecule has 2 fully saturated rings. The molecule has 0 aliphatic carbocycles. The Morgan fingerprint density at radius 1 is 1.23 bits per heavy atom. The molecule has 0 radical (unpaired) electrons. The zero-order valence-corrected chi connectivity index (χ0v) is 19.1.